The summed E-state index contributed by atoms with van der Waals surface area (Å²) in [5, 5.41) is 2.73. The van der Waals surface area contributed by atoms with Crippen LogP contribution in [0.3, 0.4) is 0 Å². The standard InChI is InChI=1S/C22H18FNO4/c1-27-19-13-11-18(12-14-19)24-21(25)20(15-5-3-2-4-6-15)28-22(26)16-7-9-17(23)10-8-16/h2-14,20H,1H3,(H,24,25). The summed E-state index contributed by atoms with van der Waals surface area (Å²) in [6, 6.07) is 20.4. The molecule has 0 aromatic heterocycles. The van der Waals surface area contributed by atoms with Crippen LogP contribution >= 0.6 is 0 Å². The molecule has 0 radical (unpaired) electrons. The zero-order valence-corrected chi connectivity index (χ0v) is 15.1. The van der Waals surface area contributed by atoms with Gasteiger partial charge in [0.05, 0.1) is 12.7 Å². The first kappa shape index (κ1) is 19.1. The Hall–Kier alpha value is -3.67. The summed E-state index contributed by atoms with van der Waals surface area (Å²) in [7, 11) is 1.55. The van der Waals surface area contributed by atoms with Crippen LogP contribution in [0.25, 0.3) is 0 Å². The summed E-state index contributed by atoms with van der Waals surface area (Å²) >= 11 is 0. The van der Waals surface area contributed by atoms with Gasteiger partial charge in [-0.25, -0.2) is 9.18 Å². The Morgan fingerprint density at radius 3 is 2.14 bits per heavy atom. The minimum absolute atomic E-state index is 0.152. The van der Waals surface area contributed by atoms with Gasteiger partial charge in [-0.1, -0.05) is 30.3 Å². The molecule has 0 heterocycles. The van der Waals surface area contributed by atoms with Crippen molar-refractivity contribution in [2.45, 2.75) is 6.10 Å². The summed E-state index contributed by atoms with van der Waals surface area (Å²) in [4.78, 5) is 25.2. The molecule has 3 rings (SSSR count). The van der Waals surface area contributed by atoms with Crippen LogP contribution in [-0.2, 0) is 9.53 Å². The Kier molecular flexibility index (Phi) is 6.01. The lowest BCUT2D eigenvalue weighted by molar-refractivity contribution is -0.125. The van der Waals surface area contributed by atoms with Crippen molar-refractivity contribution >= 4 is 17.6 Å². The fourth-order valence-corrected chi connectivity index (χ4v) is 2.54. The van der Waals surface area contributed by atoms with Crippen molar-refractivity contribution in [3.63, 3.8) is 0 Å². The molecule has 28 heavy (non-hydrogen) atoms. The van der Waals surface area contributed by atoms with Gasteiger partial charge >= 0.3 is 5.97 Å². The maximum atomic E-state index is 13.1. The number of benzene rings is 3. The number of methoxy groups -OCH3 is 1. The molecule has 0 aliphatic heterocycles. The van der Waals surface area contributed by atoms with E-state index in [9.17, 15) is 14.0 Å². The van der Waals surface area contributed by atoms with Gasteiger partial charge in [-0.2, -0.15) is 0 Å². The van der Waals surface area contributed by atoms with Gasteiger partial charge in [0, 0.05) is 11.3 Å². The van der Waals surface area contributed by atoms with E-state index >= 15 is 0 Å². The summed E-state index contributed by atoms with van der Waals surface area (Å²) in [5.41, 5.74) is 1.20. The predicted octanol–water partition coefficient (Wildman–Crippen LogP) is 4.37. The molecule has 6 heteroatoms. The summed E-state index contributed by atoms with van der Waals surface area (Å²) in [6.45, 7) is 0. The Bertz CT molecular complexity index is 941. The van der Waals surface area contributed by atoms with Crippen LogP contribution < -0.4 is 10.1 Å². The van der Waals surface area contributed by atoms with Crippen LogP contribution in [0.5, 0.6) is 5.75 Å². The van der Waals surface area contributed by atoms with Crippen LogP contribution in [0.2, 0.25) is 0 Å². The second-order valence-corrected chi connectivity index (χ2v) is 5.92. The smallest absolute Gasteiger partial charge is 0.339 e. The predicted molar refractivity (Wildman–Crippen MR) is 103 cm³/mol. The first-order valence-corrected chi connectivity index (χ1v) is 8.53. The average molecular weight is 379 g/mol. The maximum Gasteiger partial charge on any atom is 0.339 e. The highest BCUT2D eigenvalue weighted by Crippen LogP contribution is 2.23. The quantitative estimate of drug-likeness (QED) is 0.646. The topological polar surface area (TPSA) is 64.6 Å². The largest absolute Gasteiger partial charge is 0.497 e. The van der Waals surface area contributed by atoms with Crippen LogP contribution in [0, 0.1) is 5.82 Å². The van der Waals surface area contributed by atoms with Crippen LogP contribution in [0.1, 0.15) is 22.0 Å². The van der Waals surface area contributed by atoms with Crippen LogP contribution in [0.15, 0.2) is 78.9 Å². The second kappa shape index (κ2) is 8.81. The lowest BCUT2D eigenvalue weighted by Crippen LogP contribution is -2.26. The number of halogens is 1. The van der Waals surface area contributed by atoms with Crippen molar-refractivity contribution in [2.24, 2.45) is 0 Å². The molecule has 142 valence electrons. The normalized spacial score (nSPS) is 11.4. The second-order valence-electron chi connectivity index (χ2n) is 5.92. The number of rotatable bonds is 6. The van der Waals surface area contributed by atoms with E-state index in [4.69, 9.17) is 9.47 Å². The highest BCUT2D eigenvalue weighted by Gasteiger charge is 2.25. The number of anilines is 1. The number of hydrogen-bond acceptors (Lipinski definition) is 4. The fourth-order valence-electron chi connectivity index (χ4n) is 2.54. The number of esters is 1. The highest BCUT2D eigenvalue weighted by atomic mass is 19.1. The van der Waals surface area contributed by atoms with E-state index in [1.165, 1.54) is 12.1 Å². The zero-order chi connectivity index (χ0) is 19.9. The van der Waals surface area contributed by atoms with Crippen molar-refractivity contribution in [1.82, 2.24) is 0 Å². The van der Waals surface area contributed by atoms with Crippen molar-refractivity contribution < 1.29 is 23.5 Å². The van der Waals surface area contributed by atoms with Crippen molar-refractivity contribution in [3.05, 3.63) is 95.8 Å². The lowest BCUT2D eigenvalue weighted by atomic mass is 10.1. The van der Waals surface area contributed by atoms with E-state index < -0.39 is 23.8 Å². The summed E-state index contributed by atoms with van der Waals surface area (Å²) in [6.07, 6.45) is -1.17. The van der Waals surface area contributed by atoms with Crippen molar-refractivity contribution in [2.75, 3.05) is 12.4 Å². The number of ether oxygens (including phenoxy) is 2. The van der Waals surface area contributed by atoms with Crippen LogP contribution in [-0.4, -0.2) is 19.0 Å². The van der Waals surface area contributed by atoms with Gasteiger partial charge in [0.15, 0.2) is 0 Å². The minimum atomic E-state index is -1.17. The molecule has 0 spiro atoms. The molecule has 0 saturated heterocycles. The fraction of sp³-hybridized carbons (Fsp3) is 0.0909. The lowest BCUT2D eigenvalue weighted by Gasteiger charge is -2.18. The zero-order valence-electron chi connectivity index (χ0n) is 15.1. The number of amides is 1. The Morgan fingerprint density at radius 2 is 1.54 bits per heavy atom. The molecule has 3 aromatic carbocycles. The summed E-state index contributed by atoms with van der Waals surface area (Å²) in [5.74, 6) is -1.04. The van der Waals surface area contributed by atoms with E-state index in [1.54, 1.807) is 61.7 Å². The number of nitrogens with one attached hydrogen (secondary N) is 1. The molecule has 0 aliphatic carbocycles. The molecule has 0 bridgehead atoms. The van der Waals surface area contributed by atoms with Gasteiger partial charge in [-0.05, 0) is 48.5 Å². The van der Waals surface area contributed by atoms with Crippen LogP contribution in [0.4, 0.5) is 10.1 Å². The molecule has 0 fully saturated rings. The molecule has 1 N–H and O–H groups in total. The van der Waals surface area contributed by atoms with Crippen molar-refractivity contribution in [1.29, 1.82) is 0 Å². The number of carbonyl (C=O) groups excluding carboxylic acids is 2. The monoisotopic (exact) mass is 379 g/mol. The first-order chi connectivity index (χ1) is 13.6. The van der Waals surface area contributed by atoms with Gasteiger partial charge in [-0.15, -0.1) is 0 Å². The minimum Gasteiger partial charge on any atom is -0.497 e. The van der Waals surface area contributed by atoms with E-state index in [-0.39, 0.29) is 5.56 Å². The average Bonchev–Trinajstić information content (AvgIpc) is 2.73. The Labute approximate surface area is 161 Å². The number of carbonyl (C=O) groups is 2. The van der Waals surface area contributed by atoms with Crippen molar-refractivity contribution in [3.8, 4) is 5.75 Å². The molecule has 5 nitrogen and oxygen atoms in total. The van der Waals surface area contributed by atoms with E-state index in [0.29, 0.717) is 17.0 Å². The SMILES string of the molecule is COc1ccc(NC(=O)C(OC(=O)c2ccc(F)cc2)c2ccccc2)cc1. The molecule has 0 aliphatic rings. The summed E-state index contributed by atoms with van der Waals surface area (Å²) < 4.78 is 23.6. The first-order valence-electron chi connectivity index (χ1n) is 8.53. The Morgan fingerprint density at radius 1 is 0.893 bits per heavy atom. The van der Waals surface area contributed by atoms with Gasteiger partial charge < -0.3 is 14.8 Å². The maximum absolute atomic E-state index is 13.1. The van der Waals surface area contributed by atoms with Gasteiger partial charge in [-0.3, -0.25) is 4.79 Å². The molecule has 1 atom stereocenters. The molecular weight excluding hydrogens is 361 g/mol. The van der Waals surface area contributed by atoms with Gasteiger partial charge in [0.2, 0.25) is 6.10 Å². The number of hydrogen-bond donors (Lipinski definition) is 1. The molecular formula is C22H18FNO4. The third kappa shape index (κ3) is 4.73. The molecule has 1 amide bonds. The Balaban J connectivity index is 1.81. The molecule has 0 saturated carbocycles. The van der Waals surface area contributed by atoms with E-state index in [2.05, 4.69) is 5.32 Å². The molecule has 3 aromatic rings. The van der Waals surface area contributed by atoms with E-state index in [1.807, 2.05) is 0 Å². The third-order valence-electron chi connectivity index (χ3n) is 4.00. The molecule has 1 unspecified atom stereocenters. The van der Waals surface area contributed by atoms with Gasteiger partial charge in [0.1, 0.15) is 11.6 Å². The third-order valence-corrected chi connectivity index (χ3v) is 4.00. The highest BCUT2D eigenvalue weighted by molar-refractivity contribution is 5.98. The van der Waals surface area contributed by atoms with Gasteiger partial charge in [0.25, 0.3) is 5.91 Å². The van der Waals surface area contributed by atoms with E-state index in [0.717, 1.165) is 12.1 Å².